The molecule has 1 fully saturated rings. The zero-order valence-corrected chi connectivity index (χ0v) is 11.1. The summed E-state index contributed by atoms with van der Waals surface area (Å²) in [5, 5.41) is 9.58. The van der Waals surface area contributed by atoms with Crippen LogP contribution in [0.3, 0.4) is 0 Å². The molecule has 1 aromatic carbocycles. The van der Waals surface area contributed by atoms with Gasteiger partial charge in [-0.2, -0.15) is 0 Å². The van der Waals surface area contributed by atoms with Crippen LogP contribution in [-0.2, 0) is 0 Å². The smallest absolute Gasteiger partial charge is 0.123 e. The SMILES string of the molecule is CC(C)N1CCC(c2ccc(F)cc2)C(CO)C1. The number of halogens is 1. The molecule has 1 saturated heterocycles. The zero-order chi connectivity index (χ0) is 13.1. The predicted octanol–water partition coefficient (Wildman–Crippen LogP) is 2.63. The lowest BCUT2D eigenvalue weighted by atomic mass is 9.80. The quantitative estimate of drug-likeness (QED) is 0.892. The normalized spacial score (nSPS) is 25.6. The Morgan fingerprint density at radius 3 is 2.56 bits per heavy atom. The fraction of sp³-hybridized carbons (Fsp3) is 0.600. The summed E-state index contributed by atoms with van der Waals surface area (Å²) in [5.41, 5.74) is 1.15. The highest BCUT2D eigenvalue weighted by atomic mass is 19.1. The molecule has 100 valence electrons. The Hall–Kier alpha value is -0.930. The Morgan fingerprint density at radius 1 is 1.33 bits per heavy atom. The van der Waals surface area contributed by atoms with Gasteiger partial charge in [-0.25, -0.2) is 4.39 Å². The molecule has 3 heteroatoms. The molecule has 2 rings (SSSR count). The van der Waals surface area contributed by atoms with Crippen LogP contribution in [0.5, 0.6) is 0 Å². The molecule has 0 aromatic heterocycles. The van der Waals surface area contributed by atoms with Crippen molar-refractivity contribution in [2.75, 3.05) is 19.7 Å². The van der Waals surface area contributed by atoms with Gasteiger partial charge < -0.3 is 10.0 Å². The number of aliphatic hydroxyl groups excluding tert-OH is 1. The molecular weight excluding hydrogens is 229 g/mol. The third-order valence-corrected chi connectivity index (χ3v) is 4.03. The van der Waals surface area contributed by atoms with Crippen molar-refractivity contribution < 1.29 is 9.50 Å². The molecule has 2 unspecified atom stereocenters. The van der Waals surface area contributed by atoms with E-state index in [0.717, 1.165) is 25.1 Å². The van der Waals surface area contributed by atoms with E-state index in [1.54, 1.807) is 0 Å². The predicted molar refractivity (Wildman–Crippen MR) is 71.0 cm³/mol. The molecule has 0 spiro atoms. The first-order valence-electron chi connectivity index (χ1n) is 6.72. The molecule has 0 saturated carbocycles. The maximum Gasteiger partial charge on any atom is 0.123 e. The van der Waals surface area contributed by atoms with E-state index in [2.05, 4.69) is 18.7 Å². The number of nitrogens with zero attached hydrogens (tertiary/aromatic N) is 1. The third kappa shape index (κ3) is 2.90. The van der Waals surface area contributed by atoms with Gasteiger partial charge in [0.15, 0.2) is 0 Å². The molecule has 1 aromatic rings. The van der Waals surface area contributed by atoms with Crippen LogP contribution >= 0.6 is 0 Å². The van der Waals surface area contributed by atoms with Crippen molar-refractivity contribution in [2.24, 2.45) is 5.92 Å². The van der Waals surface area contributed by atoms with Crippen LogP contribution in [0.4, 0.5) is 4.39 Å². The minimum Gasteiger partial charge on any atom is -0.396 e. The summed E-state index contributed by atoms with van der Waals surface area (Å²) in [6.07, 6.45) is 1.04. The number of piperidine rings is 1. The fourth-order valence-electron chi connectivity index (χ4n) is 2.86. The van der Waals surface area contributed by atoms with Crippen molar-refractivity contribution in [3.8, 4) is 0 Å². The summed E-state index contributed by atoms with van der Waals surface area (Å²) in [6, 6.07) is 7.26. The highest BCUT2D eigenvalue weighted by Gasteiger charge is 2.30. The van der Waals surface area contributed by atoms with Gasteiger partial charge in [0.2, 0.25) is 0 Å². The number of aliphatic hydroxyl groups is 1. The topological polar surface area (TPSA) is 23.5 Å². The van der Waals surface area contributed by atoms with Gasteiger partial charge in [0.25, 0.3) is 0 Å². The van der Waals surface area contributed by atoms with Gasteiger partial charge in [-0.1, -0.05) is 12.1 Å². The Kier molecular flexibility index (Phi) is 4.36. The number of hydrogen-bond donors (Lipinski definition) is 1. The first-order chi connectivity index (χ1) is 8.61. The number of likely N-dealkylation sites (tertiary alicyclic amines) is 1. The maximum atomic E-state index is 12.9. The Labute approximate surface area is 108 Å². The van der Waals surface area contributed by atoms with Gasteiger partial charge in [0, 0.05) is 25.1 Å². The van der Waals surface area contributed by atoms with E-state index in [9.17, 15) is 9.50 Å². The summed E-state index contributed by atoms with van der Waals surface area (Å²) in [5.74, 6) is 0.413. The van der Waals surface area contributed by atoms with Gasteiger partial charge in [0.1, 0.15) is 5.82 Å². The average Bonchev–Trinajstić information content (AvgIpc) is 2.39. The van der Waals surface area contributed by atoms with E-state index in [1.165, 1.54) is 12.1 Å². The Balaban J connectivity index is 2.11. The summed E-state index contributed by atoms with van der Waals surface area (Å²) < 4.78 is 12.9. The van der Waals surface area contributed by atoms with Crippen molar-refractivity contribution in [1.82, 2.24) is 4.90 Å². The second-order valence-electron chi connectivity index (χ2n) is 5.48. The second-order valence-corrected chi connectivity index (χ2v) is 5.48. The van der Waals surface area contributed by atoms with Crippen LogP contribution in [0.15, 0.2) is 24.3 Å². The minimum atomic E-state index is -0.195. The molecule has 0 radical (unpaired) electrons. The van der Waals surface area contributed by atoms with Crippen LogP contribution in [0.2, 0.25) is 0 Å². The molecule has 1 aliphatic rings. The van der Waals surface area contributed by atoms with E-state index < -0.39 is 0 Å². The third-order valence-electron chi connectivity index (χ3n) is 4.03. The second kappa shape index (κ2) is 5.81. The van der Waals surface area contributed by atoms with Gasteiger partial charge in [-0.15, -0.1) is 0 Å². The molecular formula is C15H22FNO. The summed E-state index contributed by atoms with van der Waals surface area (Å²) in [7, 11) is 0. The van der Waals surface area contributed by atoms with Crippen molar-refractivity contribution in [2.45, 2.75) is 32.2 Å². The lowest BCUT2D eigenvalue weighted by Crippen LogP contribution is -2.44. The molecule has 1 N–H and O–H groups in total. The maximum absolute atomic E-state index is 12.9. The van der Waals surface area contributed by atoms with E-state index in [-0.39, 0.29) is 18.3 Å². The lowest BCUT2D eigenvalue weighted by Gasteiger charge is -2.40. The summed E-state index contributed by atoms with van der Waals surface area (Å²) >= 11 is 0. The van der Waals surface area contributed by atoms with Crippen molar-refractivity contribution in [3.63, 3.8) is 0 Å². The molecule has 0 aliphatic carbocycles. The molecule has 2 atom stereocenters. The average molecular weight is 251 g/mol. The van der Waals surface area contributed by atoms with Gasteiger partial charge in [0.05, 0.1) is 0 Å². The van der Waals surface area contributed by atoms with Gasteiger partial charge in [-0.3, -0.25) is 0 Å². The molecule has 1 heterocycles. The highest BCUT2D eigenvalue weighted by molar-refractivity contribution is 5.22. The lowest BCUT2D eigenvalue weighted by molar-refractivity contribution is 0.0824. The summed E-state index contributed by atoms with van der Waals surface area (Å²) in [4.78, 5) is 2.40. The molecule has 0 bridgehead atoms. The van der Waals surface area contributed by atoms with E-state index in [4.69, 9.17) is 0 Å². The van der Waals surface area contributed by atoms with Crippen molar-refractivity contribution >= 4 is 0 Å². The van der Waals surface area contributed by atoms with E-state index in [1.807, 2.05) is 12.1 Å². The zero-order valence-electron chi connectivity index (χ0n) is 11.1. The van der Waals surface area contributed by atoms with E-state index in [0.29, 0.717) is 12.0 Å². The van der Waals surface area contributed by atoms with Crippen LogP contribution in [0, 0.1) is 11.7 Å². The van der Waals surface area contributed by atoms with Gasteiger partial charge in [-0.05, 0) is 50.4 Å². The Bertz CT molecular complexity index is 377. The number of rotatable bonds is 3. The molecule has 18 heavy (non-hydrogen) atoms. The van der Waals surface area contributed by atoms with Crippen molar-refractivity contribution in [3.05, 3.63) is 35.6 Å². The van der Waals surface area contributed by atoms with E-state index >= 15 is 0 Å². The highest BCUT2D eigenvalue weighted by Crippen LogP contribution is 2.33. The molecule has 1 aliphatic heterocycles. The monoisotopic (exact) mass is 251 g/mol. The first kappa shape index (κ1) is 13.5. The molecule has 2 nitrogen and oxygen atoms in total. The number of benzene rings is 1. The Morgan fingerprint density at radius 2 is 2.00 bits per heavy atom. The van der Waals surface area contributed by atoms with Crippen LogP contribution in [-0.4, -0.2) is 35.7 Å². The number of hydrogen-bond acceptors (Lipinski definition) is 2. The first-order valence-corrected chi connectivity index (χ1v) is 6.72. The fourth-order valence-corrected chi connectivity index (χ4v) is 2.86. The molecule has 0 amide bonds. The van der Waals surface area contributed by atoms with Gasteiger partial charge >= 0.3 is 0 Å². The minimum absolute atomic E-state index is 0.195. The summed E-state index contributed by atoms with van der Waals surface area (Å²) in [6.45, 7) is 6.55. The van der Waals surface area contributed by atoms with Crippen LogP contribution in [0.1, 0.15) is 31.7 Å². The van der Waals surface area contributed by atoms with Crippen LogP contribution in [0.25, 0.3) is 0 Å². The standard InChI is InChI=1S/C15H22FNO/c1-11(2)17-8-7-15(13(9-17)10-18)12-3-5-14(16)6-4-12/h3-6,11,13,15,18H,7-10H2,1-2H3. The van der Waals surface area contributed by atoms with Crippen LogP contribution < -0.4 is 0 Å². The largest absolute Gasteiger partial charge is 0.396 e. The van der Waals surface area contributed by atoms with Crippen molar-refractivity contribution in [1.29, 1.82) is 0 Å².